The third-order valence-electron chi connectivity index (χ3n) is 3.62. The maximum atomic E-state index is 12.6. The number of imide groups is 1. The molecule has 1 spiro atoms. The lowest BCUT2D eigenvalue weighted by Crippen LogP contribution is -2.47. The fourth-order valence-electron chi connectivity index (χ4n) is 2.58. The Balaban J connectivity index is 1.87. The number of methoxy groups -OCH3 is 1. The highest BCUT2D eigenvalue weighted by atomic mass is 16.5. The Kier molecular flexibility index (Phi) is 2.97. The van der Waals surface area contributed by atoms with Crippen LogP contribution in [-0.4, -0.2) is 36.1 Å². The molecular formula is C14H13N3O4. The number of hydrogen-bond acceptors (Lipinski definition) is 6. The summed E-state index contributed by atoms with van der Waals surface area (Å²) < 4.78 is 4.59. The normalized spacial score (nSPS) is 24.2. The van der Waals surface area contributed by atoms with Crippen LogP contribution < -0.4 is 10.3 Å². The van der Waals surface area contributed by atoms with E-state index in [0.717, 1.165) is 4.90 Å². The highest BCUT2D eigenvalue weighted by molar-refractivity contribution is 6.39. The molecular weight excluding hydrogens is 274 g/mol. The molecule has 0 saturated carbocycles. The molecule has 1 aromatic rings. The van der Waals surface area contributed by atoms with Crippen LogP contribution in [0.4, 0.5) is 5.69 Å². The van der Waals surface area contributed by atoms with Crippen molar-refractivity contribution in [2.24, 2.45) is 5.10 Å². The Morgan fingerprint density at radius 3 is 2.67 bits per heavy atom. The molecule has 108 valence electrons. The predicted molar refractivity (Wildman–Crippen MR) is 73.5 cm³/mol. The zero-order valence-electron chi connectivity index (χ0n) is 11.3. The number of anilines is 1. The van der Waals surface area contributed by atoms with Crippen LogP contribution in [0.25, 0.3) is 0 Å². The molecule has 1 atom stereocenters. The van der Waals surface area contributed by atoms with Crippen molar-refractivity contribution in [3.63, 3.8) is 0 Å². The Bertz CT molecular complexity index is 655. The van der Waals surface area contributed by atoms with E-state index in [1.54, 1.807) is 30.3 Å². The summed E-state index contributed by atoms with van der Waals surface area (Å²) in [5, 5.41) is 3.85. The van der Waals surface area contributed by atoms with Crippen LogP contribution in [0.2, 0.25) is 0 Å². The van der Waals surface area contributed by atoms with Crippen molar-refractivity contribution in [1.82, 2.24) is 5.43 Å². The zero-order chi connectivity index (χ0) is 15.0. The minimum Gasteiger partial charge on any atom is -0.464 e. The van der Waals surface area contributed by atoms with E-state index in [4.69, 9.17) is 0 Å². The average Bonchev–Trinajstić information content (AvgIpc) is 3.02. The van der Waals surface area contributed by atoms with Crippen LogP contribution >= 0.6 is 0 Å². The summed E-state index contributed by atoms with van der Waals surface area (Å²) in [5.74, 6) is -1.32. The summed E-state index contributed by atoms with van der Waals surface area (Å²) in [5.41, 5.74) is 2.11. The predicted octanol–water partition coefficient (Wildman–Crippen LogP) is 0.211. The molecule has 0 unspecified atom stereocenters. The van der Waals surface area contributed by atoms with Gasteiger partial charge in [-0.3, -0.25) is 15.0 Å². The molecule has 0 radical (unpaired) electrons. The van der Waals surface area contributed by atoms with E-state index in [-0.39, 0.29) is 24.5 Å². The first-order valence-corrected chi connectivity index (χ1v) is 6.42. The Hall–Kier alpha value is -2.70. The SMILES string of the molecule is COC(=O)C1=NN[C@@]2(CC(=O)N(c3ccccc3)C2=O)C1. The molecule has 2 amide bonds. The van der Waals surface area contributed by atoms with E-state index >= 15 is 0 Å². The van der Waals surface area contributed by atoms with Gasteiger partial charge in [-0.25, -0.2) is 9.69 Å². The second-order valence-corrected chi connectivity index (χ2v) is 4.97. The van der Waals surface area contributed by atoms with Gasteiger partial charge in [-0.1, -0.05) is 18.2 Å². The fourth-order valence-corrected chi connectivity index (χ4v) is 2.58. The van der Waals surface area contributed by atoms with E-state index in [0.29, 0.717) is 5.69 Å². The number of hydrazone groups is 1. The smallest absolute Gasteiger partial charge is 0.354 e. The van der Waals surface area contributed by atoms with Crippen molar-refractivity contribution >= 4 is 29.2 Å². The van der Waals surface area contributed by atoms with Crippen LogP contribution in [0, 0.1) is 0 Å². The molecule has 1 fully saturated rings. The van der Waals surface area contributed by atoms with Crippen molar-refractivity contribution in [1.29, 1.82) is 0 Å². The van der Waals surface area contributed by atoms with Crippen molar-refractivity contribution in [2.75, 3.05) is 12.0 Å². The van der Waals surface area contributed by atoms with Crippen molar-refractivity contribution in [3.8, 4) is 0 Å². The van der Waals surface area contributed by atoms with Crippen molar-refractivity contribution < 1.29 is 19.1 Å². The minimum atomic E-state index is -1.17. The van der Waals surface area contributed by atoms with Gasteiger partial charge in [0, 0.05) is 6.42 Å². The number of hydrogen-bond donors (Lipinski definition) is 1. The number of carbonyl (C=O) groups is 3. The summed E-state index contributed by atoms with van der Waals surface area (Å²) >= 11 is 0. The molecule has 2 heterocycles. The number of carbonyl (C=O) groups excluding carboxylic acids is 3. The monoisotopic (exact) mass is 287 g/mol. The first-order valence-electron chi connectivity index (χ1n) is 6.42. The summed E-state index contributed by atoms with van der Waals surface area (Å²) in [7, 11) is 1.24. The van der Waals surface area contributed by atoms with Gasteiger partial charge in [0.1, 0.15) is 11.3 Å². The molecule has 0 aromatic heterocycles. The van der Waals surface area contributed by atoms with Crippen LogP contribution in [0.5, 0.6) is 0 Å². The molecule has 1 saturated heterocycles. The second kappa shape index (κ2) is 4.69. The first-order chi connectivity index (χ1) is 10.1. The van der Waals surface area contributed by atoms with E-state index in [2.05, 4.69) is 15.3 Å². The molecule has 1 N–H and O–H groups in total. The van der Waals surface area contributed by atoms with Gasteiger partial charge in [0.15, 0.2) is 0 Å². The van der Waals surface area contributed by atoms with Crippen LogP contribution in [0.15, 0.2) is 35.4 Å². The fraction of sp³-hybridized carbons (Fsp3) is 0.286. The van der Waals surface area contributed by atoms with Gasteiger partial charge in [-0.15, -0.1) is 0 Å². The van der Waals surface area contributed by atoms with E-state index in [1.807, 2.05) is 0 Å². The highest BCUT2D eigenvalue weighted by Crippen LogP contribution is 2.34. The zero-order valence-corrected chi connectivity index (χ0v) is 11.3. The summed E-state index contributed by atoms with van der Waals surface area (Å²) in [6.07, 6.45) is 0.0122. The molecule has 2 aliphatic heterocycles. The van der Waals surface area contributed by atoms with E-state index in [1.165, 1.54) is 7.11 Å². The number of nitrogens with one attached hydrogen (secondary N) is 1. The van der Waals surface area contributed by atoms with Gasteiger partial charge in [-0.05, 0) is 12.1 Å². The first kappa shape index (κ1) is 13.3. The van der Waals surface area contributed by atoms with Crippen LogP contribution in [0.3, 0.4) is 0 Å². The summed E-state index contributed by atoms with van der Waals surface area (Å²) in [4.78, 5) is 37.4. The lowest BCUT2D eigenvalue weighted by atomic mass is 9.93. The van der Waals surface area contributed by atoms with Crippen molar-refractivity contribution in [3.05, 3.63) is 30.3 Å². The van der Waals surface area contributed by atoms with Gasteiger partial charge < -0.3 is 4.74 Å². The number of nitrogens with zero attached hydrogens (tertiary/aromatic N) is 2. The minimum absolute atomic E-state index is 0.0370. The molecule has 2 aliphatic rings. The number of para-hydroxylation sites is 1. The van der Waals surface area contributed by atoms with E-state index < -0.39 is 17.4 Å². The van der Waals surface area contributed by atoms with Crippen LogP contribution in [0.1, 0.15) is 12.8 Å². The third kappa shape index (κ3) is 1.97. The van der Waals surface area contributed by atoms with Gasteiger partial charge in [0.05, 0.1) is 19.2 Å². The maximum Gasteiger partial charge on any atom is 0.354 e. The Morgan fingerprint density at radius 2 is 2.00 bits per heavy atom. The number of ether oxygens (including phenoxy) is 1. The number of esters is 1. The third-order valence-corrected chi connectivity index (χ3v) is 3.62. The quantitative estimate of drug-likeness (QED) is 0.620. The van der Waals surface area contributed by atoms with Gasteiger partial charge in [0.25, 0.3) is 5.91 Å². The van der Waals surface area contributed by atoms with Gasteiger partial charge in [0.2, 0.25) is 5.91 Å². The molecule has 7 heteroatoms. The molecule has 0 bridgehead atoms. The van der Waals surface area contributed by atoms with E-state index in [9.17, 15) is 14.4 Å². The average molecular weight is 287 g/mol. The number of rotatable bonds is 2. The molecule has 7 nitrogen and oxygen atoms in total. The summed E-state index contributed by atoms with van der Waals surface area (Å²) in [6, 6.07) is 8.67. The van der Waals surface area contributed by atoms with Gasteiger partial charge >= 0.3 is 5.97 Å². The van der Waals surface area contributed by atoms with Crippen LogP contribution in [-0.2, 0) is 19.1 Å². The Labute approximate surface area is 120 Å². The number of amides is 2. The second-order valence-electron chi connectivity index (χ2n) is 4.97. The topological polar surface area (TPSA) is 88.1 Å². The maximum absolute atomic E-state index is 12.6. The molecule has 0 aliphatic carbocycles. The lowest BCUT2D eigenvalue weighted by molar-refractivity contribution is -0.132. The van der Waals surface area contributed by atoms with Crippen molar-refractivity contribution in [2.45, 2.75) is 18.4 Å². The lowest BCUT2D eigenvalue weighted by Gasteiger charge is -2.20. The molecule has 1 aromatic carbocycles. The molecule has 3 rings (SSSR count). The van der Waals surface area contributed by atoms with Gasteiger partial charge in [-0.2, -0.15) is 5.10 Å². The largest absolute Gasteiger partial charge is 0.464 e. The highest BCUT2D eigenvalue weighted by Gasteiger charge is 2.56. The Morgan fingerprint density at radius 1 is 1.29 bits per heavy atom. The standard InChI is InChI=1S/C14H13N3O4/c1-21-12(19)10-7-14(16-15-10)8-11(18)17(13(14)20)9-5-3-2-4-6-9/h2-6,16H,7-8H2,1H3/t14-/m1/s1. The molecule has 21 heavy (non-hydrogen) atoms. The summed E-state index contributed by atoms with van der Waals surface area (Å²) in [6.45, 7) is 0. The number of benzene rings is 1.